The third kappa shape index (κ3) is 6.79. The normalized spacial score (nSPS) is 21.2. The van der Waals surface area contributed by atoms with Gasteiger partial charge in [0.05, 0.1) is 32.4 Å². The highest BCUT2D eigenvalue weighted by atomic mass is 79.9. The number of esters is 1. The van der Waals surface area contributed by atoms with Crippen molar-refractivity contribution in [2.75, 3.05) is 38.2 Å². The van der Waals surface area contributed by atoms with Crippen molar-refractivity contribution in [2.45, 2.75) is 25.5 Å². The molecule has 3 aromatic rings. The van der Waals surface area contributed by atoms with Gasteiger partial charge in [0.1, 0.15) is 29.7 Å². The van der Waals surface area contributed by atoms with Crippen LogP contribution in [0.3, 0.4) is 0 Å². The van der Waals surface area contributed by atoms with Crippen molar-refractivity contribution in [3.05, 3.63) is 90.0 Å². The van der Waals surface area contributed by atoms with E-state index in [1.54, 1.807) is 55.6 Å². The molecule has 0 aliphatic carbocycles. The highest BCUT2D eigenvalue weighted by Gasteiger charge is 2.49. The lowest BCUT2D eigenvalue weighted by molar-refractivity contribution is -0.939. The molecule has 3 aliphatic heterocycles. The summed E-state index contributed by atoms with van der Waals surface area (Å²) in [5, 5.41) is 0. The minimum Gasteiger partial charge on any atom is -1.00 e. The molecule has 0 aromatic heterocycles. The van der Waals surface area contributed by atoms with Crippen molar-refractivity contribution < 1.29 is 54.0 Å². The first kappa shape index (κ1) is 29.5. The van der Waals surface area contributed by atoms with E-state index in [2.05, 4.69) is 0 Å². The van der Waals surface area contributed by atoms with Gasteiger partial charge in [-0.25, -0.2) is 18.4 Å². The van der Waals surface area contributed by atoms with Gasteiger partial charge >= 0.3 is 12.1 Å². The van der Waals surface area contributed by atoms with E-state index in [0.29, 0.717) is 28.1 Å². The van der Waals surface area contributed by atoms with Gasteiger partial charge < -0.3 is 35.7 Å². The fourth-order valence-electron chi connectivity index (χ4n) is 5.56. The number of halogens is 3. The van der Waals surface area contributed by atoms with Crippen molar-refractivity contribution in [3.8, 4) is 11.5 Å². The molecule has 2 bridgehead atoms. The Balaban J connectivity index is 0.00000370. The van der Waals surface area contributed by atoms with Crippen molar-refractivity contribution >= 4 is 17.7 Å². The molecule has 3 saturated heterocycles. The quantitative estimate of drug-likeness (QED) is 0.221. The van der Waals surface area contributed by atoms with Crippen LogP contribution in [0.5, 0.6) is 11.5 Å². The molecule has 0 spiro atoms. The highest BCUT2D eigenvalue weighted by molar-refractivity contribution is 5.87. The molecule has 212 valence electrons. The molecule has 0 saturated carbocycles. The van der Waals surface area contributed by atoms with E-state index in [4.69, 9.17) is 14.2 Å². The number of hydrogen-bond donors (Lipinski definition) is 0. The number of methoxy groups -OCH3 is 1. The van der Waals surface area contributed by atoms with E-state index in [1.807, 2.05) is 0 Å². The molecule has 7 nitrogen and oxygen atoms in total. The van der Waals surface area contributed by atoms with E-state index < -0.39 is 23.8 Å². The summed E-state index contributed by atoms with van der Waals surface area (Å²) in [6.07, 6.45) is 0.511. The van der Waals surface area contributed by atoms with Gasteiger partial charge in [0.2, 0.25) is 0 Å². The number of para-hydroxylation sites is 1. The smallest absolute Gasteiger partial charge is 0.415 e. The molecule has 0 N–H and O–H groups in total. The largest absolute Gasteiger partial charge is 1.00 e. The van der Waals surface area contributed by atoms with Crippen molar-refractivity contribution in [1.82, 2.24) is 0 Å². The van der Waals surface area contributed by atoms with Gasteiger partial charge in [-0.1, -0.05) is 30.3 Å². The average Bonchev–Trinajstić information content (AvgIpc) is 2.93. The number of piperidine rings is 3. The number of ether oxygens (including phenoxy) is 3. The van der Waals surface area contributed by atoms with Crippen molar-refractivity contribution in [2.24, 2.45) is 5.92 Å². The number of carbonyl (C=O) groups excluding carboxylic acids is 2. The lowest BCUT2D eigenvalue weighted by Gasteiger charge is -2.51. The molecule has 40 heavy (non-hydrogen) atoms. The average molecular weight is 617 g/mol. The van der Waals surface area contributed by atoms with Gasteiger partial charge in [-0.05, 0) is 42.0 Å². The van der Waals surface area contributed by atoms with Crippen LogP contribution in [0.15, 0.2) is 72.8 Å². The number of carbonyl (C=O) groups is 2. The molecule has 0 unspecified atom stereocenters. The Morgan fingerprint density at radius 3 is 2.35 bits per heavy atom. The summed E-state index contributed by atoms with van der Waals surface area (Å²) in [7, 11) is 1.55. The van der Waals surface area contributed by atoms with Crippen LogP contribution in [-0.2, 0) is 16.1 Å². The maximum atomic E-state index is 14.8. The molecule has 3 heterocycles. The third-order valence-corrected chi connectivity index (χ3v) is 7.65. The predicted octanol–water partition coefficient (Wildman–Crippen LogP) is 2.34. The lowest BCUT2D eigenvalue weighted by atomic mass is 9.83. The number of rotatable bonds is 8. The molecule has 3 fully saturated rings. The van der Waals surface area contributed by atoms with Gasteiger partial charge in [0, 0.05) is 24.8 Å². The molecular formula is C30H31BrF2N2O5. The third-order valence-electron chi connectivity index (χ3n) is 7.65. The second-order valence-corrected chi connectivity index (χ2v) is 10.2. The minimum atomic E-state index is -0.680. The summed E-state index contributed by atoms with van der Waals surface area (Å²) in [6, 6.07) is 18.6. The first-order valence-corrected chi connectivity index (χ1v) is 13.0. The second kappa shape index (κ2) is 12.8. The maximum absolute atomic E-state index is 14.8. The molecule has 0 radical (unpaired) electrons. The van der Waals surface area contributed by atoms with Crippen LogP contribution < -0.4 is 31.4 Å². The Morgan fingerprint density at radius 2 is 1.65 bits per heavy atom. The number of fused-ring (bicyclic) bond motifs is 3. The summed E-state index contributed by atoms with van der Waals surface area (Å²) in [5.41, 5.74) is 0.716. The number of hydrogen-bond acceptors (Lipinski definition) is 5. The Kier molecular flexibility index (Phi) is 9.42. The standard InChI is InChI=1S/C30H31F2N2O5.BrH/c1-37-24-5-4-6-25(17-24)38-29(35)20-34-15-13-22(14-16-34)28(19-34)39-30(36)33(27-8-3-2-7-26(27)32)18-21-9-11-23(31)12-10-21;/h2-12,17,22,28H,13-16,18-20H2,1H3;1H/q+1;/p-1/t22?,28-,34?;/m0./s1. The summed E-state index contributed by atoms with van der Waals surface area (Å²) >= 11 is 0. The lowest BCUT2D eigenvalue weighted by Crippen LogP contribution is -3.00. The fourth-order valence-corrected chi connectivity index (χ4v) is 5.56. The molecule has 6 rings (SSSR count). The molecule has 1 amide bonds. The van der Waals surface area contributed by atoms with Crippen LogP contribution in [0, 0.1) is 17.6 Å². The summed E-state index contributed by atoms with van der Waals surface area (Å²) in [4.78, 5) is 27.6. The molecule has 3 aliphatic rings. The van der Waals surface area contributed by atoms with Crippen LogP contribution in [0.4, 0.5) is 19.3 Å². The van der Waals surface area contributed by atoms with E-state index in [1.165, 1.54) is 29.2 Å². The van der Waals surface area contributed by atoms with Gasteiger partial charge in [0.15, 0.2) is 12.6 Å². The van der Waals surface area contributed by atoms with Crippen molar-refractivity contribution in [1.29, 1.82) is 0 Å². The minimum absolute atomic E-state index is 0. The van der Waals surface area contributed by atoms with E-state index in [9.17, 15) is 18.4 Å². The van der Waals surface area contributed by atoms with Crippen LogP contribution in [0.1, 0.15) is 18.4 Å². The molecule has 1 atom stereocenters. The monoisotopic (exact) mass is 616 g/mol. The highest BCUT2D eigenvalue weighted by Crippen LogP contribution is 2.36. The van der Waals surface area contributed by atoms with Crippen LogP contribution in [0.25, 0.3) is 0 Å². The number of amides is 1. The number of quaternary nitrogens is 1. The second-order valence-electron chi connectivity index (χ2n) is 10.2. The van der Waals surface area contributed by atoms with E-state index >= 15 is 0 Å². The zero-order valence-electron chi connectivity index (χ0n) is 22.1. The van der Waals surface area contributed by atoms with Crippen LogP contribution in [0.2, 0.25) is 0 Å². The van der Waals surface area contributed by atoms with Gasteiger partial charge in [0.25, 0.3) is 0 Å². The summed E-state index contributed by atoms with van der Waals surface area (Å²) in [5.74, 6) is -0.152. The maximum Gasteiger partial charge on any atom is 0.415 e. The Labute approximate surface area is 242 Å². The zero-order valence-corrected chi connectivity index (χ0v) is 23.7. The van der Waals surface area contributed by atoms with E-state index in [-0.39, 0.29) is 47.6 Å². The molecule has 3 aromatic carbocycles. The summed E-state index contributed by atoms with van der Waals surface area (Å²) in [6.45, 7) is 2.23. The summed E-state index contributed by atoms with van der Waals surface area (Å²) < 4.78 is 45.5. The van der Waals surface area contributed by atoms with Crippen LogP contribution in [-0.4, -0.2) is 55.9 Å². The first-order chi connectivity index (χ1) is 18.8. The van der Waals surface area contributed by atoms with Gasteiger partial charge in [-0.15, -0.1) is 0 Å². The molecular weight excluding hydrogens is 586 g/mol. The SMILES string of the molecule is COc1cccc(OC(=O)C[N+]23CCC(CC2)[C@@H](OC(=O)N(Cc2ccc(F)cc2)c2ccccc2F)C3)c1.[Br-]. The molecule has 10 heteroatoms. The van der Waals surface area contributed by atoms with Gasteiger partial charge in [-0.2, -0.15) is 0 Å². The number of benzene rings is 3. The predicted molar refractivity (Wildman–Crippen MR) is 140 cm³/mol. The zero-order chi connectivity index (χ0) is 27.4. The first-order valence-electron chi connectivity index (χ1n) is 13.0. The van der Waals surface area contributed by atoms with E-state index in [0.717, 1.165) is 25.9 Å². The van der Waals surface area contributed by atoms with Crippen LogP contribution >= 0.6 is 0 Å². The number of anilines is 1. The van der Waals surface area contributed by atoms with Crippen molar-refractivity contribution in [3.63, 3.8) is 0 Å². The Hall–Kier alpha value is -3.50. The Bertz CT molecular complexity index is 1330. The topological polar surface area (TPSA) is 65.1 Å². The van der Waals surface area contributed by atoms with Gasteiger partial charge in [-0.3, -0.25) is 4.90 Å². The fraction of sp³-hybridized carbons (Fsp3) is 0.333. The Morgan fingerprint density at radius 1 is 0.950 bits per heavy atom. The number of nitrogens with zero attached hydrogens (tertiary/aromatic N) is 2.